The number of ether oxygens (including phenoxy) is 1. The molecule has 2 aromatic heterocycles. The largest absolute Gasteiger partial charge is 0.450 e. The molecule has 49 heavy (non-hydrogen) atoms. The number of hydrogen-bond acceptors (Lipinski definition) is 9. The molecule has 0 aromatic carbocycles. The molecular weight excluding hydrogens is 672 g/mol. The minimum atomic E-state index is -3.82. The number of likely N-dealkylation sites (tertiary alicyclic amines) is 1. The van der Waals surface area contributed by atoms with Gasteiger partial charge in [0.2, 0.25) is 21.8 Å². The van der Waals surface area contributed by atoms with Crippen molar-refractivity contribution in [2.75, 3.05) is 0 Å². The number of alkyl halides is 1. The van der Waals surface area contributed by atoms with Gasteiger partial charge in [0, 0.05) is 12.1 Å². The van der Waals surface area contributed by atoms with Crippen molar-refractivity contribution in [2.45, 2.75) is 108 Å². The Morgan fingerprint density at radius 2 is 1.84 bits per heavy atom. The SMILES string of the molecule is CCC(CC)(C(=O)NS(=O)(=O)C1CC1)[C@H]1CC[C@@H](C2=CC=CC(Cl)C2)N1C(=O)[C@@H](C)NC(=O)c1ccc(Oc2cc(C)n[nH]c2=O)c(C)n1. The molecule has 0 spiro atoms. The first-order valence-electron chi connectivity index (χ1n) is 16.6. The van der Waals surface area contributed by atoms with E-state index in [0.717, 1.165) is 5.57 Å². The lowest BCUT2D eigenvalue weighted by Crippen LogP contribution is -2.60. The van der Waals surface area contributed by atoms with Gasteiger partial charge in [0.05, 0.1) is 33.5 Å². The van der Waals surface area contributed by atoms with Crippen molar-refractivity contribution in [1.82, 2.24) is 30.1 Å². The summed E-state index contributed by atoms with van der Waals surface area (Å²) in [6.07, 6.45) is 8.81. The summed E-state index contributed by atoms with van der Waals surface area (Å²) in [6.45, 7) is 8.57. The van der Waals surface area contributed by atoms with Crippen molar-refractivity contribution in [3.05, 3.63) is 69.4 Å². The number of allylic oxidation sites excluding steroid dienone is 3. The Hall–Kier alpha value is -4.04. The summed E-state index contributed by atoms with van der Waals surface area (Å²) in [4.78, 5) is 60.0. The highest BCUT2D eigenvalue weighted by atomic mass is 35.5. The highest BCUT2D eigenvalue weighted by Gasteiger charge is 2.54. The van der Waals surface area contributed by atoms with Gasteiger partial charge in [-0.05, 0) is 83.4 Å². The Bertz CT molecular complexity index is 1850. The van der Waals surface area contributed by atoms with E-state index in [1.54, 1.807) is 25.7 Å². The maximum absolute atomic E-state index is 14.5. The van der Waals surface area contributed by atoms with Gasteiger partial charge in [0.1, 0.15) is 17.5 Å². The van der Waals surface area contributed by atoms with Crippen molar-refractivity contribution in [3.63, 3.8) is 0 Å². The second-order valence-corrected chi connectivity index (χ2v) is 15.5. The minimum absolute atomic E-state index is 0.0293. The lowest BCUT2D eigenvalue weighted by molar-refractivity contribution is -0.143. The van der Waals surface area contributed by atoms with E-state index >= 15 is 0 Å². The molecule has 5 rings (SSSR count). The van der Waals surface area contributed by atoms with Crippen LogP contribution >= 0.6 is 11.6 Å². The maximum atomic E-state index is 14.5. The van der Waals surface area contributed by atoms with Gasteiger partial charge in [-0.25, -0.2) is 18.5 Å². The lowest BCUT2D eigenvalue weighted by atomic mass is 9.73. The van der Waals surface area contributed by atoms with Crippen LogP contribution in [0.3, 0.4) is 0 Å². The first-order chi connectivity index (χ1) is 23.2. The number of hydrogen-bond donors (Lipinski definition) is 3. The average Bonchev–Trinajstić information content (AvgIpc) is 3.84. The van der Waals surface area contributed by atoms with E-state index in [1.807, 2.05) is 32.1 Å². The standard InChI is InChI=1S/C34H43ClN6O7S/c1-6-34(7-2,33(45)40-49(46,47)24-11-12-24)29-16-14-26(22-9-8-10-23(35)18-22)41(29)32(44)21(5)37-30(42)25-13-15-27(20(4)36-25)48-28-17-19(3)38-39-31(28)43/h8-10,13,15,17,21,23-24,26,29H,6-7,11-12,14,16,18H2,1-5H3,(H,37,42)(H,39,43)(H,40,45)/t21-,23?,26+,29-/m1/s1. The molecule has 1 saturated heterocycles. The normalized spacial score (nSPS) is 21.6. The van der Waals surface area contributed by atoms with Gasteiger partial charge in [-0.15, -0.1) is 11.6 Å². The highest BCUT2D eigenvalue weighted by molar-refractivity contribution is 7.90. The first kappa shape index (κ1) is 36.2. The van der Waals surface area contributed by atoms with Crippen molar-refractivity contribution >= 4 is 39.3 Å². The molecule has 15 heteroatoms. The predicted octanol–water partition coefficient (Wildman–Crippen LogP) is 3.96. The predicted molar refractivity (Wildman–Crippen MR) is 184 cm³/mol. The summed E-state index contributed by atoms with van der Waals surface area (Å²) in [5.74, 6) is -1.32. The Balaban J connectivity index is 1.40. The van der Waals surface area contributed by atoms with Crippen LogP contribution in [0.2, 0.25) is 0 Å². The Morgan fingerprint density at radius 3 is 2.47 bits per heavy atom. The number of carbonyl (C=O) groups excluding carboxylic acids is 3. The Morgan fingerprint density at radius 1 is 1.12 bits per heavy atom. The average molecular weight is 715 g/mol. The van der Waals surface area contributed by atoms with E-state index in [9.17, 15) is 27.6 Å². The number of rotatable bonds is 12. The third-order valence-corrected chi connectivity index (χ3v) is 11.9. The second kappa shape index (κ2) is 14.4. The molecule has 1 saturated carbocycles. The van der Waals surface area contributed by atoms with Crippen LogP contribution in [0, 0.1) is 19.3 Å². The highest BCUT2D eigenvalue weighted by Crippen LogP contribution is 2.45. The number of pyridine rings is 1. The van der Waals surface area contributed by atoms with E-state index in [4.69, 9.17) is 16.3 Å². The molecule has 4 atom stereocenters. The van der Waals surface area contributed by atoms with Crippen molar-refractivity contribution in [2.24, 2.45) is 5.41 Å². The smallest absolute Gasteiger partial charge is 0.307 e. The molecule has 2 aliphatic carbocycles. The third-order valence-electron chi connectivity index (χ3n) is 9.78. The fourth-order valence-corrected chi connectivity index (χ4v) is 8.48. The van der Waals surface area contributed by atoms with Crippen LogP contribution in [0.1, 0.15) is 87.6 Å². The zero-order chi connectivity index (χ0) is 35.7. The molecule has 1 aliphatic heterocycles. The number of carbonyl (C=O) groups is 3. The summed E-state index contributed by atoms with van der Waals surface area (Å²) in [7, 11) is -3.82. The molecule has 3 heterocycles. The van der Waals surface area contributed by atoms with E-state index in [2.05, 4.69) is 25.2 Å². The fourth-order valence-electron chi connectivity index (χ4n) is 6.83. The van der Waals surface area contributed by atoms with Crippen LogP contribution in [0.25, 0.3) is 0 Å². The maximum Gasteiger partial charge on any atom is 0.307 e. The van der Waals surface area contributed by atoms with Crippen LogP contribution in [0.5, 0.6) is 11.5 Å². The number of nitrogens with zero attached hydrogens (tertiary/aromatic N) is 3. The van der Waals surface area contributed by atoms with Gasteiger partial charge in [-0.2, -0.15) is 5.10 Å². The van der Waals surface area contributed by atoms with Gasteiger partial charge >= 0.3 is 5.56 Å². The third kappa shape index (κ3) is 7.59. The number of aryl methyl sites for hydroxylation is 2. The van der Waals surface area contributed by atoms with Crippen LogP contribution in [-0.4, -0.2) is 75.0 Å². The number of aromatic nitrogens is 3. The quantitative estimate of drug-likeness (QED) is 0.274. The summed E-state index contributed by atoms with van der Waals surface area (Å²) in [5, 5.41) is 8.11. The van der Waals surface area contributed by atoms with Gasteiger partial charge in [0.25, 0.3) is 5.91 Å². The van der Waals surface area contributed by atoms with Crippen LogP contribution < -0.4 is 20.3 Å². The Labute approximate surface area is 291 Å². The summed E-state index contributed by atoms with van der Waals surface area (Å²) in [5.41, 5.74) is 0.151. The number of amides is 3. The summed E-state index contributed by atoms with van der Waals surface area (Å²) >= 11 is 6.48. The van der Waals surface area contributed by atoms with Gasteiger partial charge in [-0.1, -0.05) is 32.1 Å². The molecule has 13 nitrogen and oxygen atoms in total. The molecule has 2 fully saturated rings. The monoisotopic (exact) mass is 714 g/mol. The number of sulfonamides is 1. The van der Waals surface area contributed by atoms with Crippen molar-refractivity contribution in [3.8, 4) is 11.5 Å². The van der Waals surface area contributed by atoms with Gasteiger partial charge in [-0.3, -0.25) is 23.9 Å². The van der Waals surface area contributed by atoms with Gasteiger partial charge < -0.3 is 15.0 Å². The van der Waals surface area contributed by atoms with Gasteiger partial charge in [0.15, 0.2) is 5.75 Å². The number of H-pyrrole nitrogens is 1. The van der Waals surface area contributed by atoms with Crippen LogP contribution in [0.4, 0.5) is 0 Å². The fraction of sp³-hybridized carbons (Fsp3) is 0.529. The second-order valence-electron chi connectivity index (χ2n) is 13.0. The Kier molecular flexibility index (Phi) is 10.7. The number of nitrogens with one attached hydrogen (secondary N) is 3. The van der Waals surface area contributed by atoms with Crippen LogP contribution in [0.15, 0.2) is 46.8 Å². The molecule has 3 N–H and O–H groups in total. The molecule has 1 unspecified atom stereocenters. The molecule has 0 bridgehead atoms. The molecule has 3 aliphatic rings. The summed E-state index contributed by atoms with van der Waals surface area (Å²) < 4.78 is 33.8. The number of halogens is 1. The molecule has 264 valence electrons. The van der Waals surface area contributed by atoms with E-state index in [0.29, 0.717) is 56.3 Å². The first-order valence-corrected chi connectivity index (χ1v) is 18.6. The number of aromatic amines is 1. The molecule has 0 radical (unpaired) electrons. The lowest BCUT2D eigenvalue weighted by Gasteiger charge is -2.44. The van der Waals surface area contributed by atoms with E-state index in [-0.39, 0.29) is 22.6 Å². The van der Waals surface area contributed by atoms with E-state index < -0.39 is 62.1 Å². The topological polar surface area (TPSA) is 181 Å². The molecular formula is C34H43ClN6O7S. The van der Waals surface area contributed by atoms with Crippen molar-refractivity contribution in [1.29, 1.82) is 0 Å². The minimum Gasteiger partial charge on any atom is -0.450 e. The van der Waals surface area contributed by atoms with Crippen molar-refractivity contribution < 1.29 is 27.5 Å². The van der Waals surface area contributed by atoms with E-state index in [1.165, 1.54) is 18.2 Å². The summed E-state index contributed by atoms with van der Waals surface area (Å²) in [6, 6.07) is 2.38. The molecule has 2 aromatic rings. The zero-order valence-corrected chi connectivity index (χ0v) is 29.9. The van der Waals surface area contributed by atoms with Crippen LogP contribution in [-0.2, 0) is 19.6 Å². The molecule has 3 amide bonds. The zero-order valence-electron chi connectivity index (χ0n) is 28.3.